The van der Waals surface area contributed by atoms with Crippen LogP contribution in [0.5, 0.6) is 0 Å². The number of aromatic amines is 2. The molecule has 5 nitrogen and oxygen atoms in total. The van der Waals surface area contributed by atoms with E-state index in [1.54, 1.807) is 0 Å². The summed E-state index contributed by atoms with van der Waals surface area (Å²) >= 11 is 1.42. The first-order valence-electron chi connectivity index (χ1n) is 4.71. The van der Waals surface area contributed by atoms with Crippen molar-refractivity contribution in [3.05, 3.63) is 45.1 Å². The highest BCUT2D eigenvalue weighted by atomic mass is 32.2. The molecule has 80 valence electrons. The molecule has 1 aromatic rings. The van der Waals surface area contributed by atoms with Gasteiger partial charge in [-0.2, -0.15) is 0 Å². The number of aromatic nitrogens is 2. The van der Waals surface area contributed by atoms with Gasteiger partial charge in [0.1, 0.15) is 5.03 Å². The standard InChI is InChI=1S/C10H7N3O2S/c14-8-7-9(13-10(15)12-8)16-6-4-2-1-3-5(6)11-7/h1-4,6H,(H2,12,13,14,15). The fraction of sp³-hybridized carbons (Fsp3) is 0.100. The highest BCUT2D eigenvalue weighted by Crippen LogP contribution is 2.34. The summed E-state index contributed by atoms with van der Waals surface area (Å²) in [6.45, 7) is 0. The van der Waals surface area contributed by atoms with Gasteiger partial charge in [0.05, 0.1) is 11.0 Å². The van der Waals surface area contributed by atoms with E-state index in [1.807, 2.05) is 24.3 Å². The highest BCUT2D eigenvalue weighted by Gasteiger charge is 2.24. The van der Waals surface area contributed by atoms with Crippen molar-refractivity contribution >= 4 is 23.2 Å². The monoisotopic (exact) mass is 233 g/mol. The van der Waals surface area contributed by atoms with Gasteiger partial charge >= 0.3 is 5.69 Å². The fourth-order valence-corrected chi connectivity index (χ4v) is 2.69. The lowest BCUT2D eigenvalue weighted by Gasteiger charge is -2.20. The molecule has 0 amide bonds. The van der Waals surface area contributed by atoms with Crippen LogP contribution in [-0.2, 0) is 0 Å². The molecule has 0 aromatic carbocycles. The lowest BCUT2D eigenvalue weighted by Crippen LogP contribution is -2.27. The maximum absolute atomic E-state index is 11.5. The SMILES string of the molecule is O=c1[nH]c2c(c(=O)[nH]1)N=C1C=CC=CC1S2. The summed E-state index contributed by atoms with van der Waals surface area (Å²) in [6.07, 6.45) is 7.64. The summed E-state index contributed by atoms with van der Waals surface area (Å²) < 4.78 is 0. The molecule has 0 saturated heterocycles. The van der Waals surface area contributed by atoms with Crippen LogP contribution < -0.4 is 11.2 Å². The van der Waals surface area contributed by atoms with Crippen molar-refractivity contribution in [3.63, 3.8) is 0 Å². The Kier molecular flexibility index (Phi) is 1.97. The molecule has 1 unspecified atom stereocenters. The Balaban J connectivity index is 2.25. The van der Waals surface area contributed by atoms with Crippen LogP contribution in [0.15, 0.2) is 43.9 Å². The smallest absolute Gasteiger partial charge is 0.300 e. The third-order valence-corrected chi connectivity index (χ3v) is 3.51. The number of fused-ring (bicyclic) bond motifs is 2. The largest absolute Gasteiger partial charge is 0.326 e. The zero-order valence-electron chi connectivity index (χ0n) is 8.06. The first kappa shape index (κ1) is 9.41. The first-order chi connectivity index (χ1) is 7.74. The highest BCUT2D eigenvalue weighted by molar-refractivity contribution is 8.01. The Morgan fingerprint density at radius 2 is 2.12 bits per heavy atom. The van der Waals surface area contributed by atoms with E-state index in [9.17, 15) is 9.59 Å². The van der Waals surface area contributed by atoms with Crippen molar-refractivity contribution in [2.24, 2.45) is 4.99 Å². The molecule has 2 aliphatic rings. The van der Waals surface area contributed by atoms with Gasteiger partial charge in [0.15, 0.2) is 5.69 Å². The van der Waals surface area contributed by atoms with Gasteiger partial charge in [0.2, 0.25) is 0 Å². The van der Waals surface area contributed by atoms with Crippen LogP contribution in [0, 0.1) is 0 Å². The maximum atomic E-state index is 11.5. The molecule has 16 heavy (non-hydrogen) atoms. The van der Waals surface area contributed by atoms with E-state index in [-0.39, 0.29) is 10.9 Å². The van der Waals surface area contributed by atoms with E-state index in [0.29, 0.717) is 5.03 Å². The molecular formula is C10H7N3O2S. The van der Waals surface area contributed by atoms with Crippen molar-refractivity contribution in [1.29, 1.82) is 0 Å². The summed E-state index contributed by atoms with van der Waals surface area (Å²) in [7, 11) is 0. The van der Waals surface area contributed by atoms with Crippen molar-refractivity contribution in [2.75, 3.05) is 0 Å². The van der Waals surface area contributed by atoms with E-state index in [1.165, 1.54) is 11.8 Å². The number of aliphatic imine (C=N–C) groups is 1. The number of nitrogens with zero attached hydrogens (tertiary/aromatic N) is 1. The average Bonchev–Trinajstić information content (AvgIpc) is 2.27. The molecule has 0 bridgehead atoms. The second-order valence-electron chi connectivity index (χ2n) is 3.41. The summed E-state index contributed by atoms with van der Waals surface area (Å²) in [5, 5.41) is 0.609. The van der Waals surface area contributed by atoms with E-state index >= 15 is 0 Å². The predicted molar refractivity (Wildman–Crippen MR) is 62.7 cm³/mol. The van der Waals surface area contributed by atoms with Gasteiger partial charge in [-0.05, 0) is 6.08 Å². The zero-order valence-corrected chi connectivity index (χ0v) is 8.88. The van der Waals surface area contributed by atoms with Gasteiger partial charge in [-0.3, -0.25) is 9.78 Å². The lowest BCUT2D eigenvalue weighted by molar-refractivity contribution is 0.942. The van der Waals surface area contributed by atoms with Gasteiger partial charge in [0, 0.05) is 0 Å². The second-order valence-corrected chi connectivity index (χ2v) is 4.56. The minimum absolute atomic E-state index is 0.0787. The summed E-state index contributed by atoms with van der Waals surface area (Å²) in [5.41, 5.74) is 0.179. The van der Waals surface area contributed by atoms with E-state index in [0.717, 1.165) is 5.71 Å². The van der Waals surface area contributed by atoms with Gasteiger partial charge in [-0.25, -0.2) is 9.79 Å². The number of hydrogen-bond acceptors (Lipinski definition) is 4. The Morgan fingerprint density at radius 3 is 3.00 bits per heavy atom. The van der Waals surface area contributed by atoms with Crippen molar-refractivity contribution in [2.45, 2.75) is 10.3 Å². The third kappa shape index (κ3) is 1.38. The molecule has 2 N–H and O–H groups in total. The maximum Gasteiger partial charge on any atom is 0.326 e. The van der Waals surface area contributed by atoms with Crippen LogP contribution >= 0.6 is 11.8 Å². The number of H-pyrrole nitrogens is 2. The molecule has 1 aliphatic carbocycles. The summed E-state index contributed by atoms with van der Waals surface area (Å²) in [5.74, 6) is 0. The molecule has 1 aromatic heterocycles. The Hall–Kier alpha value is -1.82. The molecule has 0 fully saturated rings. The van der Waals surface area contributed by atoms with Crippen LogP contribution in [0.25, 0.3) is 0 Å². The van der Waals surface area contributed by atoms with E-state index < -0.39 is 11.2 Å². The van der Waals surface area contributed by atoms with E-state index in [4.69, 9.17) is 0 Å². The first-order valence-corrected chi connectivity index (χ1v) is 5.59. The number of hydrogen-bond donors (Lipinski definition) is 2. The Bertz CT molecular complexity index is 651. The minimum Gasteiger partial charge on any atom is -0.300 e. The molecule has 2 heterocycles. The van der Waals surface area contributed by atoms with Crippen molar-refractivity contribution in [1.82, 2.24) is 9.97 Å². The second kappa shape index (κ2) is 3.34. The molecule has 3 rings (SSSR count). The van der Waals surface area contributed by atoms with Gasteiger partial charge in [0.25, 0.3) is 5.56 Å². The average molecular weight is 233 g/mol. The molecule has 6 heteroatoms. The predicted octanol–water partition coefficient (Wildman–Crippen LogP) is 0.736. The van der Waals surface area contributed by atoms with Crippen LogP contribution in [0.2, 0.25) is 0 Å². The lowest BCUT2D eigenvalue weighted by atomic mass is 10.1. The molecule has 0 spiro atoms. The summed E-state index contributed by atoms with van der Waals surface area (Å²) in [6, 6.07) is 0. The van der Waals surface area contributed by atoms with Crippen LogP contribution in [0.1, 0.15) is 0 Å². The Morgan fingerprint density at radius 1 is 1.25 bits per heavy atom. The molecule has 1 atom stereocenters. The molecule has 0 saturated carbocycles. The quantitative estimate of drug-likeness (QED) is 0.648. The number of nitrogens with one attached hydrogen (secondary N) is 2. The molecule has 1 aliphatic heterocycles. The topological polar surface area (TPSA) is 78.1 Å². The van der Waals surface area contributed by atoms with E-state index in [2.05, 4.69) is 15.0 Å². The number of thioether (sulfide) groups is 1. The molecular weight excluding hydrogens is 226 g/mol. The van der Waals surface area contributed by atoms with Crippen molar-refractivity contribution < 1.29 is 0 Å². The van der Waals surface area contributed by atoms with Gasteiger partial charge < -0.3 is 4.98 Å². The zero-order chi connectivity index (χ0) is 11.1. The number of allylic oxidation sites excluding steroid dienone is 3. The van der Waals surface area contributed by atoms with Crippen LogP contribution in [0.4, 0.5) is 5.69 Å². The Labute approximate surface area is 94.0 Å². The summed E-state index contributed by atoms with van der Waals surface area (Å²) in [4.78, 5) is 31.6. The van der Waals surface area contributed by atoms with Gasteiger partial charge in [-0.1, -0.05) is 30.0 Å². The third-order valence-electron chi connectivity index (χ3n) is 2.33. The normalized spacial score (nSPS) is 21.2. The number of rotatable bonds is 0. The fourth-order valence-electron chi connectivity index (χ4n) is 1.62. The minimum atomic E-state index is -0.495. The van der Waals surface area contributed by atoms with Crippen molar-refractivity contribution in [3.8, 4) is 0 Å². The van der Waals surface area contributed by atoms with Crippen LogP contribution in [0.3, 0.4) is 0 Å². The van der Waals surface area contributed by atoms with Gasteiger partial charge in [-0.15, -0.1) is 0 Å². The van der Waals surface area contributed by atoms with Crippen LogP contribution in [-0.4, -0.2) is 20.9 Å². The molecule has 0 radical (unpaired) electrons.